The molecular weight excluding hydrogens is 232 g/mol. The Kier molecular flexibility index (Phi) is 7.70. The van der Waals surface area contributed by atoms with Crippen LogP contribution in [-0.2, 0) is 0 Å². The van der Waals surface area contributed by atoms with Crippen LogP contribution < -0.4 is 5.32 Å². The molecule has 1 rings (SSSR count). The SMILES string of the molecule is C=CCCCCCNCC1(N(C)C)CCCC(C)C1. The molecule has 2 heteroatoms. The third-order valence-corrected chi connectivity index (χ3v) is 4.73. The van der Waals surface area contributed by atoms with Crippen LogP contribution >= 0.6 is 0 Å². The van der Waals surface area contributed by atoms with E-state index in [9.17, 15) is 0 Å². The fourth-order valence-corrected chi connectivity index (χ4v) is 3.39. The van der Waals surface area contributed by atoms with Crippen molar-refractivity contribution in [2.75, 3.05) is 27.2 Å². The number of nitrogens with one attached hydrogen (secondary N) is 1. The van der Waals surface area contributed by atoms with Crippen molar-refractivity contribution in [3.05, 3.63) is 12.7 Å². The molecule has 1 fully saturated rings. The molecule has 0 saturated heterocycles. The van der Waals surface area contributed by atoms with Crippen molar-refractivity contribution in [2.45, 2.75) is 63.8 Å². The molecule has 1 N–H and O–H groups in total. The summed E-state index contributed by atoms with van der Waals surface area (Å²) in [6.07, 6.45) is 12.6. The van der Waals surface area contributed by atoms with E-state index in [-0.39, 0.29) is 0 Å². The molecule has 2 nitrogen and oxygen atoms in total. The molecular formula is C17H34N2. The van der Waals surface area contributed by atoms with Gasteiger partial charge in [0.25, 0.3) is 0 Å². The van der Waals surface area contributed by atoms with Gasteiger partial charge >= 0.3 is 0 Å². The molecule has 0 aromatic carbocycles. The van der Waals surface area contributed by atoms with E-state index >= 15 is 0 Å². The second kappa shape index (κ2) is 8.76. The maximum Gasteiger partial charge on any atom is 0.0330 e. The molecule has 0 aliphatic heterocycles. The first kappa shape index (κ1) is 16.7. The lowest BCUT2D eigenvalue weighted by atomic mass is 9.75. The first-order chi connectivity index (χ1) is 9.10. The molecule has 0 spiro atoms. The number of unbranched alkanes of at least 4 members (excludes halogenated alkanes) is 3. The van der Waals surface area contributed by atoms with Gasteiger partial charge in [0.1, 0.15) is 0 Å². The summed E-state index contributed by atoms with van der Waals surface area (Å²) in [6, 6.07) is 0. The Labute approximate surface area is 120 Å². The van der Waals surface area contributed by atoms with Crippen molar-refractivity contribution in [3.63, 3.8) is 0 Å². The summed E-state index contributed by atoms with van der Waals surface area (Å²) in [5.41, 5.74) is 0.402. The van der Waals surface area contributed by atoms with Crippen LogP contribution in [0.3, 0.4) is 0 Å². The third-order valence-electron chi connectivity index (χ3n) is 4.73. The molecule has 0 heterocycles. The standard InChI is InChI=1S/C17H34N2/c1-5-6-7-8-9-13-18-15-17(19(3)4)12-10-11-16(2)14-17/h5,16,18H,1,6-15H2,2-4H3. The van der Waals surface area contributed by atoms with Gasteiger partial charge in [-0.3, -0.25) is 0 Å². The van der Waals surface area contributed by atoms with Crippen molar-refractivity contribution < 1.29 is 0 Å². The molecule has 0 radical (unpaired) electrons. The molecule has 1 saturated carbocycles. The maximum absolute atomic E-state index is 3.77. The van der Waals surface area contributed by atoms with Crippen molar-refractivity contribution in [1.29, 1.82) is 0 Å². The minimum absolute atomic E-state index is 0.402. The Morgan fingerprint density at radius 1 is 1.32 bits per heavy atom. The highest BCUT2D eigenvalue weighted by Crippen LogP contribution is 2.35. The Bertz CT molecular complexity index is 250. The van der Waals surface area contributed by atoms with Crippen LogP contribution in [0.4, 0.5) is 0 Å². The van der Waals surface area contributed by atoms with Crippen molar-refractivity contribution in [1.82, 2.24) is 10.2 Å². The Morgan fingerprint density at radius 3 is 2.74 bits per heavy atom. The molecule has 112 valence electrons. The predicted molar refractivity (Wildman–Crippen MR) is 85.6 cm³/mol. The molecule has 1 aliphatic rings. The molecule has 2 atom stereocenters. The van der Waals surface area contributed by atoms with Gasteiger partial charge in [-0.25, -0.2) is 0 Å². The van der Waals surface area contributed by atoms with Gasteiger partial charge in [-0.15, -0.1) is 6.58 Å². The zero-order valence-corrected chi connectivity index (χ0v) is 13.4. The number of hydrogen-bond donors (Lipinski definition) is 1. The van der Waals surface area contributed by atoms with Crippen LogP contribution in [0.2, 0.25) is 0 Å². The van der Waals surface area contributed by atoms with Gasteiger partial charge in [0.2, 0.25) is 0 Å². The molecule has 1 aliphatic carbocycles. The zero-order chi connectivity index (χ0) is 14.1. The van der Waals surface area contributed by atoms with Crippen LogP contribution in [0.5, 0.6) is 0 Å². The van der Waals surface area contributed by atoms with E-state index in [1.54, 1.807) is 0 Å². The molecule has 0 amide bonds. The normalized spacial score (nSPS) is 27.7. The summed E-state index contributed by atoms with van der Waals surface area (Å²) in [5, 5.41) is 3.71. The molecule has 19 heavy (non-hydrogen) atoms. The van der Waals surface area contributed by atoms with Gasteiger partial charge in [-0.05, 0) is 58.7 Å². The lowest BCUT2D eigenvalue weighted by Crippen LogP contribution is -2.54. The number of likely N-dealkylation sites (N-methyl/N-ethyl adjacent to an activating group) is 1. The van der Waals surface area contributed by atoms with E-state index in [2.05, 4.69) is 37.8 Å². The average Bonchev–Trinajstić information content (AvgIpc) is 2.37. The van der Waals surface area contributed by atoms with E-state index in [1.807, 2.05) is 6.08 Å². The monoisotopic (exact) mass is 266 g/mol. The van der Waals surface area contributed by atoms with Crippen LogP contribution in [0, 0.1) is 5.92 Å². The van der Waals surface area contributed by atoms with E-state index in [1.165, 1.54) is 57.9 Å². The zero-order valence-electron chi connectivity index (χ0n) is 13.4. The largest absolute Gasteiger partial charge is 0.315 e. The summed E-state index contributed by atoms with van der Waals surface area (Å²) in [5.74, 6) is 0.880. The molecule has 2 unspecified atom stereocenters. The van der Waals surface area contributed by atoms with E-state index in [0.29, 0.717) is 5.54 Å². The second-order valence-electron chi connectivity index (χ2n) is 6.64. The van der Waals surface area contributed by atoms with Gasteiger partial charge in [-0.2, -0.15) is 0 Å². The Balaban J connectivity index is 2.24. The first-order valence-electron chi connectivity index (χ1n) is 8.10. The minimum atomic E-state index is 0.402. The predicted octanol–water partition coefficient (Wildman–Crippen LogP) is 3.83. The van der Waals surface area contributed by atoms with Crippen LogP contribution in [0.25, 0.3) is 0 Å². The number of nitrogens with zero attached hydrogens (tertiary/aromatic N) is 1. The Morgan fingerprint density at radius 2 is 2.11 bits per heavy atom. The number of allylic oxidation sites excluding steroid dienone is 1. The lowest BCUT2D eigenvalue weighted by Gasteiger charge is -2.45. The van der Waals surface area contributed by atoms with E-state index in [4.69, 9.17) is 0 Å². The van der Waals surface area contributed by atoms with Gasteiger partial charge < -0.3 is 10.2 Å². The average molecular weight is 266 g/mol. The highest BCUT2D eigenvalue weighted by atomic mass is 15.2. The quantitative estimate of drug-likeness (QED) is 0.504. The molecule has 0 aromatic heterocycles. The number of hydrogen-bond acceptors (Lipinski definition) is 2. The van der Waals surface area contributed by atoms with Gasteiger partial charge in [0, 0.05) is 12.1 Å². The van der Waals surface area contributed by atoms with Crippen molar-refractivity contribution >= 4 is 0 Å². The lowest BCUT2D eigenvalue weighted by molar-refractivity contribution is 0.0753. The highest BCUT2D eigenvalue weighted by Gasteiger charge is 2.36. The summed E-state index contributed by atoms with van der Waals surface area (Å²) in [4.78, 5) is 2.47. The minimum Gasteiger partial charge on any atom is -0.315 e. The fourth-order valence-electron chi connectivity index (χ4n) is 3.39. The molecule has 0 aromatic rings. The summed E-state index contributed by atoms with van der Waals surface area (Å²) < 4.78 is 0. The van der Waals surface area contributed by atoms with E-state index in [0.717, 1.165) is 12.5 Å². The third kappa shape index (κ3) is 5.66. The van der Waals surface area contributed by atoms with Crippen molar-refractivity contribution in [2.24, 2.45) is 5.92 Å². The summed E-state index contributed by atoms with van der Waals surface area (Å²) >= 11 is 0. The van der Waals surface area contributed by atoms with Gasteiger partial charge in [0.05, 0.1) is 0 Å². The van der Waals surface area contributed by atoms with Crippen LogP contribution in [-0.4, -0.2) is 37.6 Å². The second-order valence-corrected chi connectivity index (χ2v) is 6.64. The number of rotatable bonds is 9. The van der Waals surface area contributed by atoms with Crippen molar-refractivity contribution in [3.8, 4) is 0 Å². The van der Waals surface area contributed by atoms with Crippen LogP contribution in [0.15, 0.2) is 12.7 Å². The van der Waals surface area contributed by atoms with Gasteiger partial charge in [-0.1, -0.05) is 32.3 Å². The summed E-state index contributed by atoms with van der Waals surface area (Å²) in [7, 11) is 4.51. The Hall–Kier alpha value is -0.340. The summed E-state index contributed by atoms with van der Waals surface area (Å²) in [6.45, 7) is 8.51. The smallest absolute Gasteiger partial charge is 0.0330 e. The first-order valence-corrected chi connectivity index (χ1v) is 8.10. The molecule has 0 bridgehead atoms. The maximum atomic E-state index is 3.77. The highest BCUT2D eigenvalue weighted by molar-refractivity contribution is 4.94. The fraction of sp³-hybridized carbons (Fsp3) is 0.882. The van der Waals surface area contributed by atoms with Crippen LogP contribution in [0.1, 0.15) is 58.3 Å². The topological polar surface area (TPSA) is 15.3 Å². The van der Waals surface area contributed by atoms with E-state index < -0.39 is 0 Å². The van der Waals surface area contributed by atoms with Gasteiger partial charge in [0.15, 0.2) is 0 Å².